The fraction of sp³-hybridized carbons (Fsp3) is 0.429. The highest BCUT2D eigenvalue weighted by Gasteiger charge is 2.24. The molecule has 8 heteroatoms. The molecule has 0 fully saturated rings. The third-order valence-electron chi connectivity index (χ3n) is 3.87. The molecular formula is C14H18N4O4. The maximum absolute atomic E-state index is 12.2. The second-order valence-corrected chi connectivity index (χ2v) is 5.17. The average Bonchev–Trinajstić information content (AvgIpc) is 2.95. The van der Waals surface area contributed by atoms with Gasteiger partial charge in [0.25, 0.3) is 11.6 Å². The molecule has 0 saturated heterocycles. The summed E-state index contributed by atoms with van der Waals surface area (Å²) < 4.78 is 0. The van der Waals surface area contributed by atoms with Gasteiger partial charge in [-0.15, -0.1) is 0 Å². The number of aromatic nitrogens is 2. The van der Waals surface area contributed by atoms with Crippen molar-refractivity contribution in [2.45, 2.75) is 32.3 Å². The normalized spacial score (nSPS) is 11.6. The number of rotatable bonds is 6. The zero-order chi connectivity index (χ0) is 16.3. The summed E-state index contributed by atoms with van der Waals surface area (Å²) in [4.78, 5) is 22.5. The topological polar surface area (TPSA) is 121 Å². The number of fused-ring (bicyclic) bond motifs is 1. The molecule has 0 saturated carbocycles. The summed E-state index contributed by atoms with van der Waals surface area (Å²) in [6, 6.07) is 4.15. The van der Waals surface area contributed by atoms with Crippen molar-refractivity contribution in [1.82, 2.24) is 15.5 Å². The molecule has 0 spiro atoms. The molecule has 1 aromatic carbocycles. The number of hydrogen-bond acceptors (Lipinski definition) is 5. The molecule has 0 aliphatic carbocycles. The summed E-state index contributed by atoms with van der Waals surface area (Å²) in [6.07, 6.45) is 1.02. The monoisotopic (exact) mass is 306 g/mol. The molecule has 1 amide bonds. The Labute approximate surface area is 126 Å². The first kappa shape index (κ1) is 15.9. The summed E-state index contributed by atoms with van der Waals surface area (Å²) in [5.74, 6) is -0.480. The van der Waals surface area contributed by atoms with Crippen LogP contribution in [0.15, 0.2) is 18.2 Å². The lowest BCUT2D eigenvalue weighted by Crippen LogP contribution is -2.42. The SMILES string of the molecule is CCC(O)(CC)CNC(=O)c1n[nH]c2ccc([N+](=O)[O-])cc12. The number of aliphatic hydroxyl groups is 1. The molecule has 0 unspecified atom stereocenters. The minimum Gasteiger partial charge on any atom is -0.388 e. The molecule has 22 heavy (non-hydrogen) atoms. The van der Waals surface area contributed by atoms with Gasteiger partial charge in [0, 0.05) is 24.1 Å². The van der Waals surface area contributed by atoms with E-state index >= 15 is 0 Å². The zero-order valence-electron chi connectivity index (χ0n) is 12.4. The standard InChI is InChI=1S/C14H18N4O4/c1-3-14(20,4-2)8-15-13(19)12-10-7-9(18(21)22)5-6-11(10)16-17-12/h5-7,20H,3-4,8H2,1-2H3,(H,15,19)(H,16,17). The van der Waals surface area contributed by atoms with Crippen LogP contribution >= 0.6 is 0 Å². The molecule has 0 radical (unpaired) electrons. The van der Waals surface area contributed by atoms with E-state index < -0.39 is 16.4 Å². The number of amides is 1. The number of benzene rings is 1. The number of non-ortho nitro benzene ring substituents is 1. The fourth-order valence-corrected chi connectivity index (χ4v) is 2.12. The molecule has 8 nitrogen and oxygen atoms in total. The van der Waals surface area contributed by atoms with Gasteiger partial charge in [0.05, 0.1) is 16.0 Å². The van der Waals surface area contributed by atoms with Gasteiger partial charge in [-0.3, -0.25) is 20.0 Å². The van der Waals surface area contributed by atoms with Crippen LogP contribution in [-0.2, 0) is 0 Å². The number of carbonyl (C=O) groups is 1. The van der Waals surface area contributed by atoms with Gasteiger partial charge in [0.15, 0.2) is 5.69 Å². The quantitative estimate of drug-likeness (QED) is 0.554. The molecule has 2 rings (SSSR count). The lowest BCUT2D eigenvalue weighted by atomic mass is 9.97. The van der Waals surface area contributed by atoms with Crippen LogP contribution in [-0.4, -0.2) is 38.3 Å². The molecule has 0 aliphatic heterocycles. The highest BCUT2D eigenvalue weighted by molar-refractivity contribution is 6.05. The van der Waals surface area contributed by atoms with E-state index in [4.69, 9.17) is 0 Å². The molecule has 118 valence electrons. The predicted molar refractivity (Wildman–Crippen MR) is 80.6 cm³/mol. The van der Waals surface area contributed by atoms with E-state index in [0.717, 1.165) is 0 Å². The third-order valence-corrected chi connectivity index (χ3v) is 3.87. The van der Waals surface area contributed by atoms with E-state index in [1.807, 2.05) is 13.8 Å². The Morgan fingerprint density at radius 1 is 1.45 bits per heavy atom. The number of nitrogens with one attached hydrogen (secondary N) is 2. The average molecular weight is 306 g/mol. The van der Waals surface area contributed by atoms with Crippen LogP contribution in [0.3, 0.4) is 0 Å². The van der Waals surface area contributed by atoms with Crippen molar-refractivity contribution in [3.8, 4) is 0 Å². The summed E-state index contributed by atoms with van der Waals surface area (Å²) >= 11 is 0. The Balaban J connectivity index is 2.25. The van der Waals surface area contributed by atoms with Crippen molar-refractivity contribution in [1.29, 1.82) is 0 Å². The van der Waals surface area contributed by atoms with E-state index in [2.05, 4.69) is 15.5 Å². The number of nitrogens with zero attached hydrogens (tertiary/aromatic N) is 2. The molecule has 0 atom stereocenters. The largest absolute Gasteiger partial charge is 0.388 e. The van der Waals surface area contributed by atoms with Gasteiger partial charge in [0.2, 0.25) is 0 Å². The Kier molecular flexibility index (Phi) is 4.41. The maximum Gasteiger partial charge on any atom is 0.272 e. The minimum atomic E-state index is -0.965. The predicted octanol–water partition coefficient (Wildman–Crippen LogP) is 1.75. The van der Waals surface area contributed by atoms with Gasteiger partial charge in [-0.1, -0.05) is 13.8 Å². The number of carbonyl (C=O) groups excluding carboxylic acids is 1. The molecule has 0 bridgehead atoms. The Morgan fingerprint density at radius 2 is 2.14 bits per heavy atom. The first-order valence-electron chi connectivity index (χ1n) is 7.03. The third kappa shape index (κ3) is 3.06. The highest BCUT2D eigenvalue weighted by Crippen LogP contribution is 2.22. The fourth-order valence-electron chi connectivity index (χ4n) is 2.12. The summed E-state index contributed by atoms with van der Waals surface area (Å²) in [7, 11) is 0. The van der Waals surface area contributed by atoms with E-state index in [1.165, 1.54) is 18.2 Å². The molecular weight excluding hydrogens is 288 g/mol. The van der Waals surface area contributed by atoms with Crippen molar-refractivity contribution in [3.63, 3.8) is 0 Å². The second kappa shape index (κ2) is 6.10. The van der Waals surface area contributed by atoms with Gasteiger partial charge in [-0.2, -0.15) is 5.10 Å². The number of nitro benzene ring substituents is 1. The second-order valence-electron chi connectivity index (χ2n) is 5.17. The van der Waals surface area contributed by atoms with Gasteiger partial charge in [0.1, 0.15) is 0 Å². The van der Waals surface area contributed by atoms with Crippen LogP contribution in [0, 0.1) is 10.1 Å². The molecule has 1 aromatic heterocycles. The number of aromatic amines is 1. The number of nitro groups is 1. The van der Waals surface area contributed by atoms with Crippen LogP contribution in [0.25, 0.3) is 10.9 Å². The van der Waals surface area contributed by atoms with Crippen LogP contribution in [0.1, 0.15) is 37.2 Å². The van der Waals surface area contributed by atoms with E-state index in [-0.39, 0.29) is 17.9 Å². The smallest absolute Gasteiger partial charge is 0.272 e. The molecule has 3 N–H and O–H groups in total. The lowest BCUT2D eigenvalue weighted by Gasteiger charge is -2.25. The number of H-pyrrole nitrogens is 1. The van der Waals surface area contributed by atoms with Crippen LogP contribution in [0.5, 0.6) is 0 Å². The van der Waals surface area contributed by atoms with Crippen molar-refractivity contribution in [2.24, 2.45) is 0 Å². The molecule has 1 heterocycles. The van der Waals surface area contributed by atoms with Crippen molar-refractivity contribution < 1.29 is 14.8 Å². The summed E-state index contributed by atoms with van der Waals surface area (Å²) in [6.45, 7) is 3.77. The van der Waals surface area contributed by atoms with Crippen molar-refractivity contribution >= 4 is 22.5 Å². The maximum atomic E-state index is 12.2. The Hall–Kier alpha value is -2.48. The molecule has 2 aromatic rings. The summed E-state index contributed by atoms with van der Waals surface area (Å²) in [5.41, 5.74) is -0.458. The van der Waals surface area contributed by atoms with Crippen LogP contribution in [0.4, 0.5) is 5.69 Å². The van der Waals surface area contributed by atoms with Gasteiger partial charge >= 0.3 is 0 Å². The van der Waals surface area contributed by atoms with E-state index in [1.54, 1.807) is 0 Å². The molecule has 0 aliphatic rings. The van der Waals surface area contributed by atoms with Crippen molar-refractivity contribution in [3.05, 3.63) is 34.0 Å². The van der Waals surface area contributed by atoms with Gasteiger partial charge < -0.3 is 10.4 Å². The number of hydrogen-bond donors (Lipinski definition) is 3. The minimum absolute atomic E-state index is 0.0771. The van der Waals surface area contributed by atoms with E-state index in [0.29, 0.717) is 23.7 Å². The summed E-state index contributed by atoms with van der Waals surface area (Å²) in [5, 5.41) is 30.6. The van der Waals surface area contributed by atoms with Crippen LogP contribution < -0.4 is 5.32 Å². The highest BCUT2D eigenvalue weighted by atomic mass is 16.6. The van der Waals surface area contributed by atoms with Crippen molar-refractivity contribution in [2.75, 3.05) is 6.54 Å². The van der Waals surface area contributed by atoms with Gasteiger partial charge in [-0.25, -0.2) is 0 Å². The lowest BCUT2D eigenvalue weighted by molar-refractivity contribution is -0.384. The van der Waals surface area contributed by atoms with Crippen LogP contribution in [0.2, 0.25) is 0 Å². The Bertz CT molecular complexity index is 706. The Morgan fingerprint density at radius 3 is 2.73 bits per heavy atom. The first-order valence-corrected chi connectivity index (χ1v) is 7.03. The van der Waals surface area contributed by atoms with E-state index in [9.17, 15) is 20.0 Å². The van der Waals surface area contributed by atoms with Gasteiger partial charge in [-0.05, 0) is 18.9 Å². The first-order chi connectivity index (χ1) is 10.4. The zero-order valence-corrected chi connectivity index (χ0v) is 12.4.